The molecule has 1 aromatic heterocycles. The van der Waals surface area contributed by atoms with Gasteiger partial charge < -0.3 is 24.4 Å². The molecule has 1 aromatic carbocycles. The number of nitrogens with zero attached hydrogens (tertiary/aromatic N) is 4. The summed E-state index contributed by atoms with van der Waals surface area (Å²) in [6.07, 6.45) is 5.87. The highest BCUT2D eigenvalue weighted by molar-refractivity contribution is 5.69. The van der Waals surface area contributed by atoms with Crippen molar-refractivity contribution in [2.75, 3.05) is 44.2 Å². The maximum atomic E-state index is 11.4. The van der Waals surface area contributed by atoms with E-state index in [1.54, 1.807) is 4.90 Å². The summed E-state index contributed by atoms with van der Waals surface area (Å²) in [5.74, 6) is 0.997. The lowest BCUT2D eigenvalue weighted by Crippen LogP contribution is -2.44. The third-order valence-electron chi connectivity index (χ3n) is 5.47. The van der Waals surface area contributed by atoms with Gasteiger partial charge in [-0.2, -0.15) is 0 Å². The van der Waals surface area contributed by atoms with Crippen molar-refractivity contribution in [3.63, 3.8) is 0 Å². The van der Waals surface area contributed by atoms with Crippen LogP contribution in [0.4, 0.5) is 10.5 Å². The zero-order chi connectivity index (χ0) is 18.6. The van der Waals surface area contributed by atoms with Gasteiger partial charge in [0.15, 0.2) is 0 Å². The van der Waals surface area contributed by atoms with E-state index in [2.05, 4.69) is 44.0 Å². The summed E-state index contributed by atoms with van der Waals surface area (Å²) < 4.78 is 7.05. The molecule has 1 N–H and O–H groups in total. The van der Waals surface area contributed by atoms with Crippen LogP contribution < -0.4 is 10.2 Å². The third-order valence-corrected chi connectivity index (χ3v) is 5.47. The molecule has 144 valence electrons. The van der Waals surface area contributed by atoms with Gasteiger partial charge in [0.05, 0.1) is 6.54 Å². The van der Waals surface area contributed by atoms with Crippen LogP contribution in [0.2, 0.25) is 0 Å². The number of anilines is 1. The molecule has 1 amide bonds. The van der Waals surface area contributed by atoms with Crippen LogP contribution in [0.15, 0.2) is 36.7 Å². The van der Waals surface area contributed by atoms with Crippen LogP contribution in [0.1, 0.15) is 18.7 Å². The molecule has 0 saturated carbocycles. The standard InChI is InChI=1S/C20H27N5O2/c1-16-21-9-13-25(16)19-4-2-18(3-5-19)23-10-6-17(7-11-23)22-8-12-24-14-15-27-20(24)26/h2-5,9,13,17,22H,6-8,10-12,14-15H2,1H3. The number of aryl methyl sites for hydroxylation is 1. The highest BCUT2D eigenvalue weighted by atomic mass is 16.6. The van der Waals surface area contributed by atoms with E-state index in [9.17, 15) is 4.79 Å². The van der Waals surface area contributed by atoms with Gasteiger partial charge in [-0.3, -0.25) is 0 Å². The van der Waals surface area contributed by atoms with Gasteiger partial charge in [-0.25, -0.2) is 9.78 Å². The number of ether oxygens (including phenoxy) is 1. The van der Waals surface area contributed by atoms with E-state index in [4.69, 9.17) is 4.74 Å². The maximum absolute atomic E-state index is 11.4. The monoisotopic (exact) mass is 369 g/mol. The molecule has 7 nitrogen and oxygen atoms in total. The topological polar surface area (TPSA) is 62.6 Å². The zero-order valence-electron chi connectivity index (χ0n) is 15.8. The first-order chi connectivity index (χ1) is 13.2. The Morgan fingerprint density at radius 2 is 1.89 bits per heavy atom. The second-order valence-electron chi connectivity index (χ2n) is 7.18. The molecule has 27 heavy (non-hydrogen) atoms. The normalized spacial score (nSPS) is 18.2. The quantitative estimate of drug-likeness (QED) is 0.846. The Morgan fingerprint density at radius 1 is 1.15 bits per heavy atom. The molecule has 7 heteroatoms. The van der Waals surface area contributed by atoms with Crippen LogP contribution in [0.25, 0.3) is 5.69 Å². The number of imidazole rings is 1. The summed E-state index contributed by atoms with van der Waals surface area (Å²) in [7, 11) is 0. The van der Waals surface area contributed by atoms with Crippen molar-refractivity contribution in [1.29, 1.82) is 0 Å². The molecule has 2 saturated heterocycles. The first-order valence-corrected chi connectivity index (χ1v) is 9.71. The van der Waals surface area contributed by atoms with Crippen LogP contribution in [0, 0.1) is 6.92 Å². The number of carbonyl (C=O) groups excluding carboxylic acids is 1. The van der Waals surface area contributed by atoms with Crippen LogP contribution in [-0.2, 0) is 4.74 Å². The van der Waals surface area contributed by atoms with Crippen molar-refractivity contribution in [3.05, 3.63) is 42.5 Å². The Bertz CT molecular complexity index is 765. The molecule has 0 bridgehead atoms. The van der Waals surface area contributed by atoms with E-state index in [1.807, 2.05) is 19.3 Å². The van der Waals surface area contributed by atoms with E-state index in [0.29, 0.717) is 19.2 Å². The van der Waals surface area contributed by atoms with Crippen LogP contribution in [-0.4, -0.2) is 65.9 Å². The van der Waals surface area contributed by atoms with Gasteiger partial charge in [0, 0.05) is 56.0 Å². The molecule has 0 aliphatic carbocycles. The van der Waals surface area contributed by atoms with E-state index in [-0.39, 0.29) is 6.09 Å². The van der Waals surface area contributed by atoms with Crippen molar-refractivity contribution in [3.8, 4) is 5.69 Å². The van der Waals surface area contributed by atoms with E-state index >= 15 is 0 Å². The summed E-state index contributed by atoms with van der Waals surface area (Å²) in [5.41, 5.74) is 2.42. The summed E-state index contributed by atoms with van der Waals surface area (Å²) in [4.78, 5) is 19.9. The molecule has 2 aromatic rings. The van der Waals surface area contributed by atoms with E-state index < -0.39 is 0 Å². The predicted molar refractivity (Wildman–Crippen MR) is 104 cm³/mol. The van der Waals surface area contributed by atoms with Crippen molar-refractivity contribution in [2.24, 2.45) is 0 Å². The number of rotatable bonds is 6. The Hall–Kier alpha value is -2.54. The van der Waals surface area contributed by atoms with Gasteiger partial charge in [0.1, 0.15) is 12.4 Å². The smallest absolute Gasteiger partial charge is 0.409 e. The van der Waals surface area contributed by atoms with Crippen LogP contribution >= 0.6 is 0 Å². The lowest BCUT2D eigenvalue weighted by Gasteiger charge is -2.34. The number of nitrogens with one attached hydrogen (secondary N) is 1. The van der Waals surface area contributed by atoms with Crippen LogP contribution in [0.5, 0.6) is 0 Å². The van der Waals surface area contributed by atoms with Gasteiger partial charge in [0.25, 0.3) is 0 Å². The van der Waals surface area contributed by atoms with Gasteiger partial charge in [-0.15, -0.1) is 0 Å². The third kappa shape index (κ3) is 4.08. The molecule has 0 unspecified atom stereocenters. The van der Waals surface area contributed by atoms with Crippen molar-refractivity contribution in [1.82, 2.24) is 19.8 Å². The first kappa shape index (κ1) is 17.9. The Morgan fingerprint density at radius 3 is 2.52 bits per heavy atom. The van der Waals surface area contributed by atoms with Gasteiger partial charge in [-0.05, 0) is 44.0 Å². The average Bonchev–Trinajstić information content (AvgIpc) is 3.31. The minimum absolute atomic E-state index is 0.180. The van der Waals surface area contributed by atoms with Crippen molar-refractivity contribution >= 4 is 11.8 Å². The number of aromatic nitrogens is 2. The lowest BCUT2D eigenvalue weighted by molar-refractivity contribution is 0.158. The number of amides is 1. The van der Waals surface area contributed by atoms with Gasteiger partial charge >= 0.3 is 6.09 Å². The average molecular weight is 369 g/mol. The number of hydrogen-bond donors (Lipinski definition) is 1. The fraction of sp³-hybridized carbons (Fsp3) is 0.500. The summed E-state index contributed by atoms with van der Waals surface area (Å²) in [6, 6.07) is 9.23. The highest BCUT2D eigenvalue weighted by Crippen LogP contribution is 2.22. The number of cyclic esters (lactones) is 1. The molecule has 0 spiro atoms. The predicted octanol–water partition coefficient (Wildman–Crippen LogP) is 2.19. The Kier molecular flexibility index (Phi) is 5.29. The molecule has 0 radical (unpaired) electrons. The minimum atomic E-state index is -0.180. The molecule has 4 rings (SSSR count). The number of piperidine rings is 1. The second-order valence-corrected chi connectivity index (χ2v) is 7.18. The number of benzene rings is 1. The number of hydrogen-bond acceptors (Lipinski definition) is 5. The molecular weight excluding hydrogens is 342 g/mol. The summed E-state index contributed by atoms with van der Waals surface area (Å²) >= 11 is 0. The fourth-order valence-corrected chi connectivity index (χ4v) is 3.85. The fourth-order valence-electron chi connectivity index (χ4n) is 3.85. The SMILES string of the molecule is Cc1nccn1-c1ccc(N2CCC(NCCN3CCOC3=O)CC2)cc1. The largest absolute Gasteiger partial charge is 0.448 e. The molecule has 3 heterocycles. The number of carbonyl (C=O) groups is 1. The molecule has 2 aliphatic rings. The second kappa shape index (κ2) is 8.00. The van der Waals surface area contributed by atoms with Crippen molar-refractivity contribution in [2.45, 2.75) is 25.8 Å². The highest BCUT2D eigenvalue weighted by Gasteiger charge is 2.23. The van der Waals surface area contributed by atoms with Crippen LogP contribution in [0.3, 0.4) is 0 Å². The molecular formula is C20H27N5O2. The zero-order valence-corrected chi connectivity index (χ0v) is 15.8. The van der Waals surface area contributed by atoms with Gasteiger partial charge in [0.2, 0.25) is 0 Å². The maximum Gasteiger partial charge on any atom is 0.409 e. The van der Waals surface area contributed by atoms with Gasteiger partial charge in [-0.1, -0.05) is 0 Å². The lowest BCUT2D eigenvalue weighted by atomic mass is 10.0. The first-order valence-electron chi connectivity index (χ1n) is 9.71. The Balaban J connectivity index is 1.24. The van der Waals surface area contributed by atoms with E-state index in [0.717, 1.165) is 50.5 Å². The molecule has 0 atom stereocenters. The minimum Gasteiger partial charge on any atom is -0.448 e. The molecule has 2 fully saturated rings. The summed E-state index contributed by atoms with van der Waals surface area (Å²) in [6.45, 7) is 6.91. The molecule has 2 aliphatic heterocycles. The Labute approximate surface area is 159 Å². The summed E-state index contributed by atoms with van der Waals surface area (Å²) in [5, 5.41) is 3.59. The van der Waals surface area contributed by atoms with E-state index in [1.165, 1.54) is 5.69 Å². The van der Waals surface area contributed by atoms with Crippen molar-refractivity contribution < 1.29 is 9.53 Å².